The van der Waals surface area contributed by atoms with Crippen LogP contribution in [0.2, 0.25) is 0 Å². The predicted octanol–water partition coefficient (Wildman–Crippen LogP) is 2.38. The van der Waals surface area contributed by atoms with E-state index >= 15 is 0 Å². The van der Waals surface area contributed by atoms with E-state index in [-0.39, 0.29) is 0 Å². The van der Waals surface area contributed by atoms with Gasteiger partial charge in [-0.25, -0.2) is 4.79 Å². The van der Waals surface area contributed by atoms with Crippen molar-refractivity contribution >= 4 is 11.7 Å². The normalized spacial score (nSPS) is 16.1. The fourth-order valence-corrected chi connectivity index (χ4v) is 2.31. The summed E-state index contributed by atoms with van der Waals surface area (Å²) in [6.07, 6.45) is 2.76. The summed E-state index contributed by atoms with van der Waals surface area (Å²) >= 11 is 0. The summed E-state index contributed by atoms with van der Waals surface area (Å²) in [6.45, 7) is 0. The molecule has 1 atom stereocenters. The van der Waals surface area contributed by atoms with Gasteiger partial charge in [0.15, 0.2) is 11.5 Å². The number of cyclic esters (lactones) is 1. The van der Waals surface area contributed by atoms with Gasteiger partial charge >= 0.3 is 5.97 Å². The average Bonchev–Trinajstić information content (AvgIpc) is 2.83. The number of ether oxygens (including phenoxy) is 3. The number of methoxy groups -OCH3 is 2. The van der Waals surface area contributed by atoms with Crippen LogP contribution in [0.3, 0.4) is 0 Å². The molecule has 21 heavy (non-hydrogen) atoms. The molecule has 2 aromatic rings. The monoisotopic (exact) mass is 286 g/mol. The van der Waals surface area contributed by atoms with E-state index in [9.17, 15) is 4.79 Å². The summed E-state index contributed by atoms with van der Waals surface area (Å²) in [6, 6.07) is 7.18. The maximum absolute atomic E-state index is 12.1. The number of esters is 1. The minimum absolute atomic E-state index is 0.385. The molecule has 0 aliphatic carbocycles. The van der Waals surface area contributed by atoms with E-state index in [0.29, 0.717) is 22.6 Å². The maximum atomic E-state index is 12.1. The molecule has 6 nitrogen and oxygen atoms in total. The van der Waals surface area contributed by atoms with Crippen LogP contribution in [0, 0.1) is 0 Å². The summed E-state index contributed by atoms with van der Waals surface area (Å²) in [5.41, 5.74) is 1.86. The van der Waals surface area contributed by atoms with Gasteiger partial charge in [0.05, 0.1) is 26.1 Å². The number of nitrogens with zero attached hydrogens (tertiary/aromatic N) is 1. The molecule has 1 aromatic carbocycles. The van der Waals surface area contributed by atoms with Crippen LogP contribution < -0.4 is 14.8 Å². The molecule has 0 saturated heterocycles. The molecule has 6 heteroatoms. The zero-order chi connectivity index (χ0) is 14.8. The number of carbonyl (C=O) groups is 1. The molecule has 0 bridgehead atoms. The number of carbonyl (C=O) groups excluding carboxylic acids is 1. The van der Waals surface area contributed by atoms with E-state index in [0.717, 1.165) is 5.69 Å². The highest BCUT2D eigenvalue weighted by Crippen LogP contribution is 2.41. The number of anilines is 1. The molecule has 1 aliphatic rings. The van der Waals surface area contributed by atoms with E-state index < -0.39 is 12.2 Å². The van der Waals surface area contributed by atoms with E-state index in [2.05, 4.69) is 10.3 Å². The zero-order valence-electron chi connectivity index (χ0n) is 11.6. The first-order valence-corrected chi connectivity index (χ1v) is 6.37. The number of rotatable bonds is 4. The first-order valence-electron chi connectivity index (χ1n) is 6.37. The summed E-state index contributed by atoms with van der Waals surface area (Å²) in [4.78, 5) is 16.1. The van der Waals surface area contributed by atoms with Crippen LogP contribution in [0.25, 0.3) is 0 Å². The lowest BCUT2D eigenvalue weighted by atomic mass is 10.1. The van der Waals surface area contributed by atoms with Crippen LogP contribution in [0.4, 0.5) is 5.69 Å². The molecular weight excluding hydrogens is 272 g/mol. The smallest absolute Gasteiger partial charge is 0.344 e. The van der Waals surface area contributed by atoms with Gasteiger partial charge in [0, 0.05) is 11.8 Å². The summed E-state index contributed by atoms with van der Waals surface area (Å²) in [5, 5.41) is 3.11. The Balaban J connectivity index is 1.99. The topological polar surface area (TPSA) is 69.7 Å². The largest absolute Gasteiger partial charge is 0.493 e. The Hall–Kier alpha value is -2.76. The molecule has 0 unspecified atom stereocenters. The number of fused-ring (bicyclic) bond motifs is 1. The second-order valence-corrected chi connectivity index (χ2v) is 4.44. The lowest BCUT2D eigenvalue weighted by Gasteiger charge is -2.14. The van der Waals surface area contributed by atoms with Crippen molar-refractivity contribution in [3.63, 3.8) is 0 Å². The van der Waals surface area contributed by atoms with Crippen molar-refractivity contribution in [3.05, 3.63) is 47.8 Å². The Bertz CT molecular complexity index is 673. The van der Waals surface area contributed by atoms with E-state index in [1.165, 1.54) is 14.2 Å². The van der Waals surface area contributed by atoms with Crippen molar-refractivity contribution in [2.24, 2.45) is 0 Å². The summed E-state index contributed by atoms with van der Waals surface area (Å²) < 4.78 is 15.8. The van der Waals surface area contributed by atoms with Gasteiger partial charge in [0.1, 0.15) is 5.56 Å². The van der Waals surface area contributed by atoms with Crippen molar-refractivity contribution in [3.8, 4) is 11.5 Å². The van der Waals surface area contributed by atoms with Crippen LogP contribution in [-0.4, -0.2) is 25.2 Å². The maximum Gasteiger partial charge on any atom is 0.344 e. The molecule has 0 fully saturated rings. The molecule has 1 N–H and O–H groups in total. The highest BCUT2D eigenvalue weighted by atomic mass is 16.6. The first kappa shape index (κ1) is 13.2. The molecule has 0 radical (unpaired) electrons. The Morgan fingerprint density at radius 1 is 1.24 bits per heavy atom. The molecule has 0 spiro atoms. The third-order valence-electron chi connectivity index (χ3n) is 3.25. The van der Waals surface area contributed by atoms with Gasteiger partial charge in [0.25, 0.3) is 0 Å². The SMILES string of the molecule is COc1ccc2c(c1OC)C(=O)O[C@H]2Nc1cccnc1. The van der Waals surface area contributed by atoms with Gasteiger partial charge in [-0.15, -0.1) is 0 Å². The Morgan fingerprint density at radius 2 is 2.10 bits per heavy atom. The quantitative estimate of drug-likeness (QED) is 0.870. The Morgan fingerprint density at radius 3 is 2.76 bits per heavy atom. The lowest BCUT2D eigenvalue weighted by Crippen LogP contribution is -2.10. The van der Waals surface area contributed by atoms with Crippen LogP contribution in [0.5, 0.6) is 11.5 Å². The molecule has 108 valence electrons. The van der Waals surface area contributed by atoms with Crippen LogP contribution in [0.1, 0.15) is 22.1 Å². The number of nitrogens with one attached hydrogen (secondary N) is 1. The van der Waals surface area contributed by atoms with Crippen molar-refractivity contribution in [2.45, 2.75) is 6.23 Å². The van der Waals surface area contributed by atoms with Crippen molar-refractivity contribution < 1.29 is 19.0 Å². The standard InChI is InChI=1S/C15H14N2O4/c1-19-11-6-5-10-12(13(11)20-2)15(18)21-14(10)17-9-4-3-7-16-8-9/h3-8,14,17H,1-2H3/t14-/m1/s1. The molecule has 0 saturated carbocycles. The third kappa shape index (κ3) is 2.24. The van der Waals surface area contributed by atoms with E-state index in [4.69, 9.17) is 14.2 Å². The molecule has 2 heterocycles. The second kappa shape index (κ2) is 5.32. The van der Waals surface area contributed by atoms with Gasteiger partial charge in [0.2, 0.25) is 6.23 Å². The zero-order valence-corrected chi connectivity index (χ0v) is 11.6. The molecular formula is C15H14N2O4. The Kier molecular flexibility index (Phi) is 3.35. The number of hydrogen-bond acceptors (Lipinski definition) is 6. The Labute approximate surface area is 121 Å². The van der Waals surface area contributed by atoms with Crippen LogP contribution >= 0.6 is 0 Å². The fourth-order valence-electron chi connectivity index (χ4n) is 2.31. The summed E-state index contributed by atoms with van der Waals surface area (Å²) in [7, 11) is 3.02. The van der Waals surface area contributed by atoms with Gasteiger partial charge in [-0.2, -0.15) is 0 Å². The van der Waals surface area contributed by atoms with Crippen LogP contribution in [-0.2, 0) is 4.74 Å². The average molecular weight is 286 g/mol. The number of aromatic nitrogens is 1. The van der Waals surface area contributed by atoms with Gasteiger partial charge in [-0.3, -0.25) is 4.98 Å². The second-order valence-electron chi connectivity index (χ2n) is 4.44. The molecule has 1 aliphatic heterocycles. The van der Waals surface area contributed by atoms with Gasteiger partial charge < -0.3 is 19.5 Å². The third-order valence-corrected chi connectivity index (χ3v) is 3.25. The first-order chi connectivity index (χ1) is 10.2. The van der Waals surface area contributed by atoms with Crippen molar-refractivity contribution in [2.75, 3.05) is 19.5 Å². The lowest BCUT2D eigenvalue weighted by molar-refractivity contribution is 0.0435. The molecule has 3 rings (SSSR count). The van der Waals surface area contributed by atoms with Crippen molar-refractivity contribution in [1.29, 1.82) is 0 Å². The van der Waals surface area contributed by atoms with Crippen LogP contribution in [0.15, 0.2) is 36.7 Å². The number of hydrogen-bond donors (Lipinski definition) is 1. The minimum Gasteiger partial charge on any atom is -0.493 e. The van der Waals surface area contributed by atoms with E-state index in [1.54, 1.807) is 30.6 Å². The highest BCUT2D eigenvalue weighted by molar-refractivity contribution is 5.98. The van der Waals surface area contributed by atoms with Gasteiger partial charge in [-0.1, -0.05) is 0 Å². The predicted molar refractivity (Wildman–Crippen MR) is 75.6 cm³/mol. The van der Waals surface area contributed by atoms with Gasteiger partial charge in [-0.05, 0) is 24.3 Å². The molecule has 0 amide bonds. The minimum atomic E-state index is -0.573. The fraction of sp³-hybridized carbons (Fsp3) is 0.200. The van der Waals surface area contributed by atoms with Crippen molar-refractivity contribution in [1.82, 2.24) is 4.98 Å². The highest BCUT2D eigenvalue weighted by Gasteiger charge is 2.35. The number of pyridine rings is 1. The van der Waals surface area contributed by atoms with E-state index in [1.807, 2.05) is 6.07 Å². The molecule has 1 aromatic heterocycles. The summed E-state index contributed by atoms with van der Waals surface area (Å²) in [5.74, 6) is 0.438. The number of benzene rings is 1.